The number of carbonyl (C=O) groups excluding carboxylic acids is 1. The Hall–Kier alpha value is -1.53. The van der Waals surface area contributed by atoms with Gasteiger partial charge in [-0.05, 0) is 38.5 Å². The van der Waals surface area contributed by atoms with Crippen LogP contribution in [0.5, 0.6) is 0 Å². The van der Waals surface area contributed by atoms with Gasteiger partial charge in [-0.25, -0.2) is 0 Å². The first-order chi connectivity index (χ1) is 27.1. The van der Waals surface area contributed by atoms with Gasteiger partial charge in [-0.3, -0.25) is 4.79 Å². The minimum Gasteiger partial charge on any atom is -0.457 e. The fourth-order valence-corrected chi connectivity index (χ4v) is 6.59. The van der Waals surface area contributed by atoms with Gasteiger partial charge in [0.1, 0.15) is 54.9 Å². The maximum Gasteiger partial charge on any atom is 0.306 e. The molecule has 0 bridgehead atoms. The van der Waals surface area contributed by atoms with Crippen LogP contribution in [0.4, 0.5) is 0 Å². The van der Waals surface area contributed by atoms with Gasteiger partial charge in [-0.2, -0.15) is 0 Å². The lowest BCUT2D eigenvalue weighted by atomic mass is 9.98. The van der Waals surface area contributed by atoms with Crippen molar-refractivity contribution in [2.24, 2.45) is 0 Å². The average Bonchev–Trinajstić information content (AvgIpc) is 3.19. The molecule has 0 saturated carbocycles. The molecule has 0 spiro atoms. The van der Waals surface area contributed by atoms with Crippen molar-refractivity contribution < 1.29 is 69.0 Å². The largest absolute Gasteiger partial charge is 0.457 e. The Morgan fingerprint density at radius 3 is 1.77 bits per heavy atom. The standard InChI is InChI=1S/C42H76O14/c1-3-5-7-9-11-12-13-14-15-16-17-18-20-22-24-26-51-28-31(54-34(44)25-23-21-19-10-8-6-4-2)29-52-41-40(50)38(48)36(46)33(56-41)30-53-42-39(49)37(47)35(45)32(27-43)55-42/h9,11,13-14,31-33,35-43,45-50H,3-8,10,12,15-30H2,1-2H3/b11-9-,14-13-. The van der Waals surface area contributed by atoms with Crippen LogP contribution in [0, 0.1) is 0 Å². The van der Waals surface area contributed by atoms with Gasteiger partial charge in [0, 0.05) is 13.0 Å². The quantitative estimate of drug-likeness (QED) is 0.0290. The monoisotopic (exact) mass is 805 g/mol. The Bertz CT molecular complexity index is 1030. The van der Waals surface area contributed by atoms with Gasteiger partial charge in [-0.15, -0.1) is 0 Å². The number of carbonyl (C=O) groups is 1. The van der Waals surface area contributed by atoms with E-state index in [0.717, 1.165) is 64.2 Å². The summed E-state index contributed by atoms with van der Waals surface area (Å²) in [5, 5.41) is 71.6. The molecule has 14 nitrogen and oxygen atoms in total. The topological polar surface area (TPSA) is 214 Å². The highest BCUT2D eigenvalue weighted by Crippen LogP contribution is 2.26. The predicted octanol–water partition coefficient (Wildman–Crippen LogP) is 4.12. The number of rotatable bonds is 32. The molecule has 2 fully saturated rings. The Morgan fingerprint density at radius 2 is 1.12 bits per heavy atom. The number of ether oxygens (including phenoxy) is 6. The summed E-state index contributed by atoms with van der Waals surface area (Å²) in [6.07, 6.45) is 12.8. The molecule has 2 rings (SSSR count). The van der Waals surface area contributed by atoms with Crippen LogP contribution in [0.2, 0.25) is 0 Å². The van der Waals surface area contributed by atoms with Crippen LogP contribution in [0.25, 0.3) is 0 Å². The summed E-state index contributed by atoms with van der Waals surface area (Å²) >= 11 is 0. The summed E-state index contributed by atoms with van der Waals surface area (Å²) in [7, 11) is 0. The summed E-state index contributed by atoms with van der Waals surface area (Å²) in [4.78, 5) is 12.8. The molecule has 11 atom stereocenters. The third-order valence-corrected chi connectivity index (χ3v) is 10.2. The van der Waals surface area contributed by atoms with Crippen molar-refractivity contribution in [3.05, 3.63) is 24.3 Å². The molecular formula is C42H76O14. The van der Waals surface area contributed by atoms with Gasteiger partial charge in [0.15, 0.2) is 12.6 Å². The lowest BCUT2D eigenvalue weighted by molar-refractivity contribution is -0.332. The number of aliphatic hydroxyl groups excluding tert-OH is 7. The molecule has 0 aromatic rings. The van der Waals surface area contributed by atoms with Crippen molar-refractivity contribution in [1.82, 2.24) is 0 Å². The molecule has 0 aliphatic carbocycles. The predicted molar refractivity (Wildman–Crippen MR) is 210 cm³/mol. The first-order valence-electron chi connectivity index (χ1n) is 21.4. The van der Waals surface area contributed by atoms with E-state index in [9.17, 15) is 40.5 Å². The molecule has 0 amide bonds. The van der Waals surface area contributed by atoms with Crippen LogP contribution in [0.1, 0.15) is 136 Å². The molecule has 0 aromatic heterocycles. The van der Waals surface area contributed by atoms with E-state index in [1.165, 1.54) is 44.9 Å². The smallest absolute Gasteiger partial charge is 0.306 e. The maximum absolute atomic E-state index is 12.8. The minimum absolute atomic E-state index is 0.0561. The number of allylic oxidation sites excluding steroid dienone is 4. The lowest BCUT2D eigenvalue weighted by Crippen LogP contribution is -2.61. The van der Waals surface area contributed by atoms with E-state index < -0.39 is 80.7 Å². The second-order valence-electron chi connectivity index (χ2n) is 15.2. The first-order valence-corrected chi connectivity index (χ1v) is 21.4. The summed E-state index contributed by atoms with van der Waals surface area (Å²) < 4.78 is 34.0. The lowest BCUT2D eigenvalue weighted by Gasteiger charge is -2.42. The van der Waals surface area contributed by atoms with Gasteiger partial charge in [0.05, 0.1) is 26.4 Å². The zero-order valence-electron chi connectivity index (χ0n) is 34.1. The van der Waals surface area contributed by atoms with Crippen LogP contribution in [0.3, 0.4) is 0 Å². The van der Waals surface area contributed by atoms with Crippen molar-refractivity contribution in [3.8, 4) is 0 Å². The van der Waals surface area contributed by atoms with Gasteiger partial charge >= 0.3 is 5.97 Å². The molecule has 2 saturated heterocycles. The Morgan fingerprint density at radius 1 is 0.589 bits per heavy atom. The highest BCUT2D eigenvalue weighted by molar-refractivity contribution is 5.69. The zero-order chi connectivity index (χ0) is 41.0. The zero-order valence-corrected chi connectivity index (χ0v) is 34.1. The second kappa shape index (κ2) is 31.4. The molecule has 2 aliphatic rings. The molecule has 2 aliphatic heterocycles. The number of hydrogen-bond donors (Lipinski definition) is 7. The summed E-state index contributed by atoms with van der Waals surface area (Å²) in [5.41, 5.74) is 0. The molecule has 0 aromatic carbocycles. The van der Waals surface area contributed by atoms with E-state index in [2.05, 4.69) is 38.2 Å². The number of esters is 1. The second-order valence-corrected chi connectivity index (χ2v) is 15.2. The summed E-state index contributed by atoms with van der Waals surface area (Å²) in [6, 6.07) is 0. The van der Waals surface area contributed by atoms with Crippen molar-refractivity contribution >= 4 is 5.97 Å². The third kappa shape index (κ3) is 20.4. The Kier molecular flexibility index (Phi) is 28.4. The molecule has 0 radical (unpaired) electrons. The van der Waals surface area contributed by atoms with E-state index in [1.807, 2.05) is 0 Å². The SMILES string of the molecule is CCCC/C=C\C/C=C\CCCCCCCCOCC(COC1OC(COC2OC(CO)C(O)C(O)C2O)C(O)C(O)C1O)OC(=O)CCCCCCCCC. The summed E-state index contributed by atoms with van der Waals surface area (Å²) in [5.74, 6) is -0.389. The normalized spacial score (nSPS) is 29.0. The van der Waals surface area contributed by atoms with E-state index in [-0.39, 0.29) is 25.6 Å². The van der Waals surface area contributed by atoms with Crippen LogP contribution >= 0.6 is 0 Å². The average molecular weight is 805 g/mol. The van der Waals surface area contributed by atoms with Crippen LogP contribution in [-0.4, -0.2) is 142 Å². The molecule has 328 valence electrons. The fraction of sp³-hybridized carbons (Fsp3) is 0.881. The van der Waals surface area contributed by atoms with Crippen LogP contribution in [-0.2, 0) is 33.2 Å². The van der Waals surface area contributed by atoms with Crippen LogP contribution in [0.15, 0.2) is 24.3 Å². The number of hydrogen-bond acceptors (Lipinski definition) is 14. The van der Waals surface area contributed by atoms with E-state index in [0.29, 0.717) is 13.0 Å². The van der Waals surface area contributed by atoms with Crippen molar-refractivity contribution in [1.29, 1.82) is 0 Å². The molecule has 2 heterocycles. The first kappa shape index (κ1) is 50.6. The number of aliphatic hydroxyl groups is 7. The highest BCUT2D eigenvalue weighted by atomic mass is 16.7. The van der Waals surface area contributed by atoms with Gasteiger partial charge < -0.3 is 64.2 Å². The molecular weight excluding hydrogens is 728 g/mol. The Labute approximate surface area is 335 Å². The number of unbranched alkanes of at least 4 members (excludes halogenated alkanes) is 14. The van der Waals surface area contributed by atoms with Crippen molar-refractivity contribution in [2.45, 2.75) is 203 Å². The third-order valence-electron chi connectivity index (χ3n) is 10.2. The van der Waals surface area contributed by atoms with Gasteiger partial charge in [0.2, 0.25) is 0 Å². The highest BCUT2D eigenvalue weighted by Gasteiger charge is 2.47. The minimum atomic E-state index is -1.70. The maximum atomic E-state index is 12.8. The van der Waals surface area contributed by atoms with Crippen molar-refractivity contribution in [2.75, 3.05) is 33.0 Å². The van der Waals surface area contributed by atoms with Gasteiger partial charge in [0.25, 0.3) is 0 Å². The van der Waals surface area contributed by atoms with E-state index >= 15 is 0 Å². The molecule has 11 unspecified atom stereocenters. The molecule has 56 heavy (non-hydrogen) atoms. The summed E-state index contributed by atoms with van der Waals surface area (Å²) in [6.45, 7) is 3.55. The molecule has 14 heteroatoms. The van der Waals surface area contributed by atoms with Crippen molar-refractivity contribution in [3.63, 3.8) is 0 Å². The Balaban J connectivity index is 1.81. The van der Waals surface area contributed by atoms with E-state index in [1.54, 1.807) is 0 Å². The van der Waals surface area contributed by atoms with Gasteiger partial charge in [-0.1, -0.05) is 115 Å². The van der Waals surface area contributed by atoms with Crippen LogP contribution < -0.4 is 0 Å². The fourth-order valence-electron chi connectivity index (χ4n) is 6.59. The van der Waals surface area contributed by atoms with E-state index in [4.69, 9.17) is 28.4 Å². The molecule has 7 N–H and O–H groups in total.